The van der Waals surface area contributed by atoms with Crippen molar-refractivity contribution in [2.24, 2.45) is 0 Å². The number of carbonyl (C=O) groups excluding carboxylic acids is 1. The minimum atomic E-state index is 0.153. The number of rotatable bonds is 7. The smallest absolute Gasteiger partial charge is 0.220 e. The molecule has 3 rings (SSSR count). The van der Waals surface area contributed by atoms with Gasteiger partial charge in [0.15, 0.2) is 0 Å². The van der Waals surface area contributed by atoms with E-state index >= 15 is 0 Å². The summed E-state index contributed by atoms with van der Waals surface area (Å²) < 4.78 is 4.13. The summed E-state index contributed by atoms with van der Waals surface area (Å²) in [5, 5.41) is 7.33. The Kier molecular flexibility index (Phi) is 5.52. The summed E-state index contributed by atoms with van der Waals surface area (Å²) in [6, 6.07) is 6.18. The summed E-state index contributed by atoms with van der Waals surface area (Å²) in [6.45, 7) is 6.63. The lowest BCUT2D eigenvalue weighted by Crippen LogP contribution is -2.38. The molecule has 2 aromatic rings. The summed E-state index contributed by atoms with van der Waals surface area (Å²) in [6.07, 6.45) is 3.34. The fourth-order valence-corrected chi connectivity index (χ4v) is 3.84. The molecule has 7 heteroatoms. The van der Waals surface area contributed by atoms with E-state index in [1.807, 2.05) is 24.4 Å². The zero-order chi connectivity index (χ0) is 16.9. The van der Waals surface area contributed by atoms with Gasteiger partial charge in [-0.25, -0.2) is 0 Å². The second kappa shape index (κ2) is 7.81. The van der Waals surface area contributed by atoms with Crippen molar-refractivity contribution in [1.82, 2.24) is 24.8 Å². The van der Waals surface area contributed by atoms with Crippen molar-refractivity contribution < 1.29 is 4.79 Å². The molecule has 2 aromatic heterocycles. The van der Waals surface area contributed by atoms with E-state index in [1.54, 1.807) is 0 Å². The van der Waals surface area contributed by atoms with Crippen molar-refractivity contribution >= 4 is 17.4 Å². The molecule has 3 heterocycles. The van der Waals surface area contributed by atoms with Crippen LogP contribution in [0.5, 0.6) is 0 Å². The van der Waals surface area contributed by atoms with Crippen LogP contribution in [0.4, 0.5) is 0 Å². The molecular formula is C17H23N5OS. The van der Waals surface area contributed by atoms with Gasteiger partial charge in [0, 0.05) is 38.3 Å². The molecule has 1 aliphatic rings. The van der Waals surface area contributed by atoms with Crippen LogP contribution >= 0.6 is 11.5 Å². The topological polar surface area (TPSA) is 71.0 Å². The molecule has 0 bridgehead atoms. The number of amides is 1. The first-order valence-corrected chi connectivity index (χ1v) is 9.12. The molecule has 1 amide bonds. The molecule has 0 radical (unpaired) electrons. The summed E-state index contributed by atoms with van der Waals surface area (Å²) in [4.78, 5) is 19.5. The number of pyridine rings is 1. The van der Waals surface area contributed by atoms with Crippen molar-refractivity contribution in [2.75, 3.05) is 6.54 Å². The molecule has 24 heavy (non-hydrogen) atoms. The molecule has 1 fully saturated rings. The van der Waals surface area contributed by atoms with Crippen LogP contribution in [-0.2, 0) is 17.9 Å². The molecule has 1 aliphatic heterocycles. The van der Waals surface area contributed by atoms with E-state index in [2.05, 4.69) is 38.6 Å². The second-order valence-electron chi connectivity index (χ2n) is 6.53. The van der Waals surface area contributed by atoms with E-state index < -0.39 is 0 Å². The van der Waals surface area contributed by atoms with Crippen LogP contribution in [-0.4, -0.2) is 38.0 Å². The van der Waals surface area contributed by atoms with Gasteiger partial charge in [0.25, 0.3) is 0 Å². The van der Waals surface area contributed by atoms with E-state index in [0.29, 0.717) is 12.3 Å². The van der Waals surface area contributed by atoms with E-state index in [0.717, 1.165) is 37.4 Å². The molecule has 1 atom stereocenters. The molecule has 6 nitrogen and oxygen atoms in total. The maximum atomic E-state index is 11.5. The van der Waals surface area contributed by atoms with Crippen molar-refractivity contribution in [2.45, 2.75) is 51.7 Å². The van der Waals surface area contributed by atoms with E-state index in [4.69, 9.17) is 0 Å². The van der Waals surface area contributed by atoms with E-state index in [-0.39, 0.29) is 11.9 Å². The number of aromatic nitrogens is 3. The third kappa shape index (κ3) is 4.36. The maximum absolute atomic E-state index is 11.5. The quantitative estimate of drug-likeness (QED) is 0.834. The first-order valence-electron chi connectivity index (χ1n) is 8.34. The normalized spacial score (nSPS) is 17.7. The second-order valence-corrected chi connectivity index (χ2v) is 7.37. The van der Waals surface area contributed by atoms with Crippen LogP contribution in [0.2, 0.25) is 0 Å². The van der Waals surface area contributed by atoms with Crippen molar-refractivity contribution in [3.63, 3.8) is 0 Å². The van der Waals surface area contributed by atoms with Gasteiger partial charge in [0.1, 0.15) is 0 Å². The van der Waals surface area contributed by atoms with Crippen LogP contribution in [0.1, 0.15) is 48.9 Å². The maximum Gasteiger partial charge on any atom is 0.220 e. The van der Waals surface area contributed by atoms with Crippen LogP contribution in [0.25, 0.3) is 0 Å². The summed E-state index contributed by atoms with van der Waals surface area (Å²) >= 11 is 1.46. The Morgan fingerprint density at radius 1 is 1.38 bits per heavy atom. The molecule has 0 aliphatic carbocycles. The summed E-state index contributed by atoms with van der Waals surface area (Å²) in [5.41, 5.74) is 2.10. The highest BCUT2D eigenvalue weighted by atomic mass is 32.1. The van der Waals surface area contributed by atoms with Gasteiger partial charge in [0.05, 0.1) is 16.3 Å². The minimum Gasteiger partial charge on any atom is -0.352 e. The predicted molar refractivity (Wildman–Crippen MR) is 93.5 cm³/mol. The summed E-state index contributed by atoms with van der Waals surface area (Å²) in [7, 11) is 0. The van der Waals surface area contributed by atoms with Gasteiger partial charge < -0.3 is 5.32 Å². The first kappa shape index (κ1) is 17.0. The number of nitrogens with one attached hydrogen (secondary N) is 1. The molecule has 0 spiro atoms. The average molecular weight is 345 g/mol. The van der Waals surface area contributed by atoms with E-state index in [1.165, 1.54) is 16.4 Å². The Bertz CT molecular complexity index is 673. The van der Waals surface area contributed by atoms with Gasteiger partial charge in [-0.2, -0.15) is 0 Å². The number of hydrogen-bond donors (Lipinski definition) is 1. The highest BCUT2D eigenvalue weighted by Crippen LogP contribution is 2.22. The lowest BCUT2D eigenvalue weighted by atomic mass is 10.1. The van der Waals surface area contributed by atoms with Gasteiger partial charge in [-0.05, 0) is 36.0 Å². The lowest BCUT2D eigenvalue weighted by molar-refractivity contribution is -0.119. The SMILES string of the molecule is CC(C)c1nnsc1CN(Cc1ccccn1)CC1CCC(=O)N1. The molecule has 0 aromatic carbocycles. The largest absolute Gasteiger partial charge is 0.352 e. The molecule has 1 N–H and O–H groups in total. The Morgan fingerprint density at radius 3 is 2.92 bits per heavy atom. The van der Waals surface area contributed by atoms with Crippen molar-refractivity contribution in [3.8, 4) is 0 Å². The van der Waals surface area contributed by atoms with Crippen molar-refractivity contribution in [1.29, 1.82) is 0 Å². The standard InChI is InChI=1S/C17H23N5OS/c1-12(2)17-15(24-21-20-17)11-22(9-13-5-3-4-8-18-13)10-14-6-7-16(23)19-14/h3-5,8,12,14H,6-7,9-11H2,1-2H3,(H,19,23). The first-order chi connectivity index (χ1) is 11.6. The third-order valence-electron chi connectivity index (χ3n) is 4.17. The Morgan fingerprint density at radius 2 is 2.25 bits per heavy atom. The average Bonchev–Trinajstić information content (AvgIpc) is 3.17. The van der Waals surface area contributed by atoms with Crippen LogP contribution < -0.4 is 5.32 Å². The van der Waals surface area contributed by atoms with Crippen LogP contribution in [0, 0.1) is 0 Å². The third-order valence-corrected chi connectivity index (χ3v) is 4.90. The monoisotopic (exact) mass is 345 g/mol. The predicted octanol–water partition coefficient (Wildman–Crippen LogP) is 2.34. The van der Waals surface area contributed by atoms with Crippen LogP contribution in [0.3, 0.4) is 0 Å². The van der Waals surface area contributed by atoms with Crippen molar-refractivity contribution in [3.05, 3.63) is 40.7 Å². The van der Waals surface area contributed by atoms with Gasteiger partial charge in [-0.15, -0.1) is 5.10 Å². The Balaban J connectivity index is 1.73. The summed E-state index contributed by atoms with van der Waals surface area (Å²) in [5.74, 6) is 0.516. The van der Waals surface area contributed by atoms with E-state index in [9.17, 15) is 4.79 Å². The zero-order valence-electron chi connectivity index (χ0n) is 14.1. The molecule has 128 valence electrons. The zero-order valence-corrected chi connectivity index (χ0v) is 14.9. The number of carbonyl (C=O) groups is 1. The fourth-order valence-electron chi connectivity index (χ4n) is 3.00. The lowest BCUT2D eigenvalue weighted by Gasteiger charge is -2.25. The Labute approximate surface area is 146 Å². The highest BCUT2D eigenvalue weighted by Gasteiger charge is 2.24. The molecule has 0 saturated carbocycles. The molecule has 1 saturated heterocycles. The molecule has 1 unspecified atom stereocenters. The molecular weight excluding hydrogens is 322 g/mol. The highest BCUT2D eigenvalue weighted by molar-refractivity contribution is 7.05. The van der Waals surface area contributed by atoms with Crippen LogP contribution in [0.15, 0.2) is 24.4 Å². The van der Waals surface area contributed by atoms with Gasteiger partial charge >= 0.3 is 0 Å². The van der Waals surface area contributed by atoms with Gasteiger partial charge in [-0.3, -0.25) is 14.7 Å². The number of hydrogen-bond acceptors (Lipinski definition) is 6. The van der Waals surface area contributed by atoms with Gasteiger partial charge in [0.2, 0.25) is 5.91 Å². The number of nitrogens with zero attached hydrogens (tertiary/aromatic N) is 4. The fraction of sp³-hybridized carbons (Fsp3) is 0.529. The van der Waals surface area contributed by atoms with Gasteiger partial charge in [-0.1, -0.05) is 24.4 Å². The minimum absolute atomic E-state index is 0.153. The Hall–Kier alpha value is -1.86.